The van der Waals surface area contributed by atoms with Gasteiger partial charge in [0.1, 0.15) is 16.5 Å². The zero-order chi connectivity index (χ0) is 17.1. The van der Waals surface area contributed by atoms with Crippen molar-refractivity contribution in [1.29, 1.82) is 0 Å². The Morgan fingerprint density at radius 1 is 1.29 bits per heavy atom. The molecule has 6 nitrogen and oxygen atoms in total. The van der Waals surface area contributed by atoms with Gasteiger partial charge in [-0.25, -0.2) is 4.68 Å². The summed E-state index contributed by atoms with van der Waals surface area (Å²) in [4.78, 5) is 14.3. The van der Waals surface area contributed by atoms with Crippen molar-refractivity contribution in [2.24, 2.45) is 0 Å². The molecule has 0 fully saturated rings. The molecule has 3 aromatic rings. The van der Waals surface area contributed by atoms with Crippen LogP contribution in [0.25, 0.3) is 0 Å². The summed E-state index contributed by atoms with van der Waals surface area (Å²) >= 11 is 6.27. The second-order valence-electron chi connectivity index (χ2n) is 5.58. The zero-order valence-corrected chi connectivity index (χ0v) is 14.2. The van der Waals surface area contributed by atoms with Gasteiger partial charge in [-0.1, -0.05) is 47.1 Å². The summed E-state index contributed by atoms with van der Waals surface area (Å²) in [5.41, 5.74) is 2.00. The zero-order valence-electron chi connectivity index (χ0n) is 13.4. The lowest BCUT2D eigenvalue weighted by molar-refractivity contribution is 0.390. The summed E-state index contributed by atoms with van der Waals surface area (Å²) in [7, 11) is 1.83. The lowest BCUT2D eigenvalue weighted by atomic mass is 10.2. The average molecular weight is 345 g/mol. The van der Waals surface area contributed by atoms with E-state index in [2.05, 4.69) is 10.3 Å². The lowest BCUT2D eigenvalue weighted by Gasteiger charge is -2.19. The first kappa shape index (κ1) is 16.3. The highest BCUT2D eigenvalue weighted by Gasteiger charge is 2.14. The van der Waals surface area contributed by atoms with Crippen LogP contribution in [-0.4, -0.2) is 22.0 Å². The predicted molar refractivity (Wildman–Crippen MR) is 92.4 cm³/mol. The minimum Gasteiger partial charge on any atom is -0.366 e. The number of aromatic nitrogens is 3. The van der Waals surface area contributed by atoms with Gasteiger partial charge in [0.05, 0.1) is 25.0 Å². The highest BCUT2D eigenvalue weighted by molar-refractivity contribution is 6.33. The van der Waals surface area contributed by atoms with Crippen LogP contribution in [0.4, 0.5) is 5.69 Å². The molecule has 0 aliphatic rings. The molecule has 1 aromatic carbocycles. The normalized spacial score (nSPS) is 10.8. The van der Waals surface area contributed by atoms with Gasteiger partial charge >= 0.3 is 0 Å². The van der Waals surface area contributed by atoms with Gasteiger partial charge in [0.2, 0.25) is 0 Å². The molecule has 0 saturated carbocycles. The van der Waals surface area contributed by atoms with Crippen LogP contribution in [0.2, 0.25) is 5.02 Å². The van der Waals surface area contributed by atoms with Crippen LogP contribution in [0.3, 0.4) is 0 Å². The minimum absolute atomic E-state index is 0.142. The largest absolute Gasteiger partial charge is 0.366 e. The summed E-state index contributed by atoms with van der Waals surface area (Å²) in [6.45, 7) is 2.68. The maximum atomic E-state index is 12.5. The van der Waals surface area contributed by atoms with E-state index in [0.29, 0.717) is 18.8 Å². The molecular formula is C17H17ClN4O2. The molecule has 0 saturated heterocycles. The van der Waals surface area contributed by atoms with Crippen LogP contribution in [-0.2, 0) is 13.1 Å². The van der Waals surface area contributed by atoms with E-state index in [4.69, 9.17) is 16.1 Å². The Hall–Kier alpha value is -2.60. The molecule has 0 aliphatic carbocycles. The molecule has 2 aromatic heterocycles. The fourth-order valence-electron chi connectivity index (χ4n) is 2.41. The average Bonchev–Trinajstić information content (AvgIpc) is 2.98. The third-order valence-corrected chi connectivity index (χ3v) is 3.98. The number of hydrogen-bond acceptors (Lipinski definition) is 5. The van der Waals surface area contributed by atoms with Gasteiger partial charge < -0.3 is 9.42 Å². The van der Waals surface area contributed by atoms with E-state index in [-0.39, 0.29) is 10.6 Å². The third kappa shape index (κ3) is 3.49. The maximum absolute atomic E-state index is 12.5. The van der Waals surface area contributed by atoms with Gasteiger partial charge in [-0.2, -0.15) is 5.10 Å². The molecule has 0 aliphatic heterocycles. The van der Waals surface area contributed by atoms with Crippen LogP contribution in [0, 0.1) is 6.92 Å². The van der Waals surface area contributed by atoms with Crippen LogP contribution >= 0.6 is 11.6 Å². The molecule has 7 heteroatoms. The van der Waals surface area contributed by atoms with Crippen molar-refractivity contribution in [3.63, 3.8) is 0 Å². The van der Waals surface area contributed by atoms with Crippen molar-refractivity contribution in [3.8, 4) is 0 Å². The molecule has 0 radical (unpaired) electrons. The Bertz CT molecular complexity index is 889. The molecule has 0 bridgehead atoms. The Kier molecular flexibility index (Phi) is 4.66. The molecule has 124 valence electrons. The summed E-state index contributed by atoms with van der Waals surface area (Å²) in [6, 6.07) is 11.5. The van der Waals surface area contributed by atoms with Crippen LogP contribution in [0.1, 0.15) is 17.0 Å². The predicted octanol–water partition coefficient (Wildman–Crippen LogP) is 2.88. The van der Waals surface area contributed by atoms with E-state index in [1.807, 2.05) is 55.3 Å². The smallest absolute Gasteiger partial charge is 0.287 e. The van der Waals surface area contributed by atoms with E-state index in [1.54, 1.807) is 6.20 Å². The van der Waals surface area contributed by atoms with E-state index >= 15 is 0 Å². The quantitative estimate of drug-likeness (QED) is 0.712. The Labute approximate surface area is 144 Å². The fourth-order valence-corrected chi connectivity index (χ4v) is 2.70. The molecule has 3 rings (SSSR count). The molecule has 0 unspecified atom stereocenters. The SMILES string of the molecule is Cc1cc(CN(C)c2cnn(Cc3ccccc3)c(=O)c2Cl)no1. The van der Waals surface area contributed by atoms with E-state index < -0.39 is 0 Å². The number of halogens is 1. The number of benzene rings is 1. The summed E-state index contributed by atoms with van der Waals surface area (Å²) in [5.74, 6) is 0.737. The molecule has 0 N–H and O–H groups in total. The maximum Gasteiger partial charge on any atom is 0.287 e. The second-order valence-corrected chi connectivity index (χ2v) is 5.96. The van der Waals surface area contributed by atoms with Gasteiger partial charge in [0.25, 0.3) is 5.56 Å². The summed E-state index contributed by atoms with van der Waals surface area (Å²) in [5, 5.41) is 8.32. The fraction of sp³-hybridized carbons (Fsp3) is 0.235. The van der Waals surface area contributed by atoms with Crippen molar-refractivity contribution >= 4 is 17.3 Å². The number of rotatable bonds is 5. The van der Waals surface area contributed by atoms with Crippen molar-refractivity contribution in [1.82, 2.24) is 14.9 Å². The van der Waals surface area contributed by atoms with Crippen molar-refractivity contribution in [2.75, 3.05) is 11.9 Å². The highest BCUT2D eigenvalue weighted by atomic mass is 35.5. The molecule has 0 spiro atoms. The summed E-state index contributed by atoms with van der Waals surface area (Å²) < 4.78 is 6.41. The van der Waals surface area contributed by atoms with Gasteiger partial charge in [-0.05, 0) is 12.5 Å². The third-order valence-electron chi connectivity index (χ3n) is 3.63. The van der Waals surface area contributed by atoms with Gasteiger partial charge in [0, 0.05) is 13.1 Å². The molecule has 0 atom stereocenters. The number of aryl methyl sites for hydroxylation is 1. The molecule has 0 amide bonds. The molecule has 2 heterocycles. The first-order valence-corrected chi connectivity index (χ1v) is 7.85. The topological polar surface area (TPSA) is 64.2 Å². The van der Waals surface area contributed by atoms with Crippen LogP contribution in [0.15, 0.2) is 51.9 Å². The van der Waals surface area contributed by atoms with Gasteiger partial charge in [-0.15, -0.1) is 0 Å². The number of anilines is 1. The number of hydrogen-bond donors (Lipinski definition) is 0. The summed E-state index contributed by atoms with van der Waals surface area (Å²) in [6.07, 6.45) is 1.60. The lowest BCUT2D eigenvalue weighted by Crippen LogP contribution is -2.27. The second kappa shape index (κ2) is 6.88. The first-order valence-electron chi connectivity index (χ1n) is 7.47. The molecular weight excluding hydrogens is 328 g/mol. The number of nitrogens with zero attached hydrogens (tertiary/aromatic N) is 4. The van der Waals surface area contributed by atoms with Gasteiger partial charge in [0.15, 0.2) is 0 Å². The van der Waals surface area contributed by atoms with Crippen LogP contribution < -0.4 is 10.5 Å². The van der Waals surface area contributed by atoms with E-state index in [9.17, 15) is 4.79 Å². The highest BCUT2D eigenvalue weighted by Crippen LogP contribution is 2.21. The van der Waals surface area contributed by atoms with Crippen molar-refractivity contribution < 1.29 is 4.52 Å². The first-order chi connectivity index (χ1) is 11.5. The van der Waals surface area contributed by atoms with Crippen molar-refractivity contribution in [2.45, 2.75) is 20.0 Å². The van der Waals surface area contributed by atoms with Gasteiger partial charge in [-0.3, -0.25) is 4.79 Å². The standard InChI is InChI=1S/C17H17ClN4O2/c1-12-8-14(20-24-12)11-21(2)15-9-19-22(17(23)16(15)18)10-13-6-4-3-5-7-13/h3-9H,10-11H2,1-2H3. The Morgan fingerprint density at radius 2 is 2.04 bits per heavy atom. The Balaban J connectivity index is 1.83. The van der Waals surface area contributed by atoms with E-state index in [1.165, 1.54) is 4.68 Å². The van der Waals surface area contributed by atoms with E-state index in [0.717, 1.165) is 17.0 Å². The minimum atomic E-state index is -0.318. The van der Waals surface area contributed by atoms with Crippen LogP contribution in [0.5, 0.6) is 0 Å². The monoisotopic (exact) mass is 344 g/mol. The molecule has 24 heavy (non-hydrogen) atoms. The van der Waals surface area contributed by atoms with Crippen molar-refractivity contribution in [3.05, 3.63) is 75.0 Å². The Morgan fingerprint density at radius 3 is 2.71 bits per heavy atom.